The van der Waals surface area contributed by atoms with E-state index in [-0.39, 0.29) is 5.69 Å². The number of carbonyl (C=O) groups is 3. The minimum atomic E-state index is -0.404. The Morgan fingerprint density at radius 2 is 1.72 bits per heavy atom. The number of hydrogen-bond acceptors (Lipinski definition) is 5. The zero-order chi connectivity index (χ0) is 22.0. The second-order valence-corrected chi connectivity index (χ2v) is 6.31. The number of methoxy groups -OCH3 is 1. The lowest BCUT2D eigenvalue weighted by Crippen LogP contribution is -2.12. The second-order valence-electron chi connectivity index (χ2n) is 5.06. The van der Waals surface area contributed by atoms with Gasteiger partial charge in [0.05, 0.1) is 28.5 Å². The summed E-state index contributed by atoms with van der Waals surface area (Å²) in [5, 5.41) is 4.09. The summed E-state index contributed by atoms with van der Waals surface area (Å²) in [6, 6.07) is 10.0. The van der Waals surface area contributed by atoms with E-state index in [0.29, 0.717) is 32.2 Å². The fourth-order valence-electron chi connectivity index (χ4n) is 2.18. The first-order valence-corrected chi connectivity index (χ1v) is 8.83. The van der Waals surface area contributed by atoms with Gasteiger partial charge < -0.3 is 24.2 Å². The molecule has 0 saturated heterocycles. The molecular weight excluding hydrogens is 441 g/mol. The Bertz CT molecular complexity index is 977. The van der Waals surface area contributed by atoms with Crippen molar-refractivity contribution in [2.45, 2.75) is 0 Å². The number of rotatable bonds is 4. The summed E-state index contributed by atoms with van der Waals surface area (Å²) in [4.78, 5) is 32.5. The fourth-order valence-corrected chi connectivity index (χ4v) is 2.85. The fraction of sp³-hybridized carbons (Fsp3) is 0.0526. The number of imidazole rings is 1. The van der Waals surface area contributed by atoms with Crippen molar-refractivity contribution in [2.24, 2.45) is 0 Å². The van der Waals surface area contributed by atoms with Crippen molar-refractivity contribution in [1.82, 2.24) is 9.55 Å². The Morgan fingerprint density at radius 3 is 2.34 bits per heavy atom. The van der Waals surface area contributed by atoms with Crippen molar-refractivity contribution >= 4 is 60.0 Å². The minimum absolute atomic E-state index is 0.213. The zero-order valence-corrected chi connectivity index (χ0v) is 17.5. The molecule has 0 unspecified atom stereocenters. The molecule has 0 fully saturated rings. The molecule has 152 valence electrons. The number of benzene rings is 2. The van der Waals surface area contributed by atoms with Crippen LogP contribution in [0, 0.1) is 0 Å². The molecule has 0 radical (unpaired) electrons. The molecule has 0 atom stereocenters. The number of nitrogens with one attached hydrogen (secondary N) is 1. The van der Waals surface area contributed by atoms with Gasteiger partial charge in [0, 0.05) is 17.3 Å². The van der Waals surface area contributed by atoms with Gasteiger partial charge in [-0.25, -0.2) is 4.98 Å². The Morgan fingerprint density at radius 1 is 1.03 bits per heavy atom. The molecule has 0 saturated carbocycles. The van der Waals surface area contributed by atoms with Crippen molar-refractivity contribution in [1.29, 1.82) is 0 Å². The lowest BCUT2D eigenvalue weighted by Gasteiger charge is -2.08. The first-order chi connectivity index (χ1) is 14.0. The Kier molecular flexibility index (Phi) is 9.88. The predicted octanol–water partition coefficient (Wildman–Crippen LogP) is 4.72. The van der Waals surface area contributed by atoms with Crippen molar-refractivity contribution in [3.05, 3.63) is 69.7 Å². The van der Waals surface area contributed by atoms with Crippen LogP contribution in [-0.4, -0.2) is 36.1 Å². The van der Waals surface area contributed by atoms with Gasteiger partial charge in [0.15, 0.2) is 0 Å². The highest BCUT2D eigenvalue weighted by Crippen LogP contribution is 2.27. The number of aromatic nitrogens is 2. The quantitative estimate of drug-likeness (QED) is 0.613. The van der Waals surface area contributed by atoms with Crippen LogP contribution in [0.3, 0.4) is 0 Å². The van der Waals surface area contributed by atoms with Gasteiger partial charge >= 0.3 is 0 Å². The molecule has 7 nitrogen and oxygen atoms in total. The first kappa shape index (κ1) is 24.2. The van der Waals surface area contributed by atoms with E-state index < -0.39 is 5.91 Å². The van der Waals surface area contributed by atoms with Crippen LogP contribution >= 0.6 is 34.8 Å². The third-order valence-electron chi connectivity index (χ3n) is 3.42. The number of nitrogens with zero attached hydrogens (tertiary/aromatic N) is 2. The average molecular weight is 457 g/mol. The third kappa shape index (κ3) is 6.32. The van der Waals surface area contributed by atoms with E-state index in [0.717, 1.165) is 0 Å². The molecule has 0 aliphatic heterocycles. The predicted molar refractivity (Wildman–Crippen MR) is 114 cm³/mol. The summed E-state index contributed by atoms with van der Waals surface area (Å²) in [7, 11) is 1.53. The summed E-state index contributed by atoms with van der Waals surface area (Å²) in [6.07, 6.45) is 3.07. The highest BCUT2D eigenvalue weighted by molar-refractivity contribution is 6.35. The van der Waals surface area contributed by atoms with Crippen LogP contribution in [0.1, 0.15) is 10.5 Å². The third-order valence-corrected chi connectivity index (χ3v) is 4.29. The summed E-state index contributed by atoms with van der Waals surface area (Å²) >= 11 is 18.2. The molecule has 0 aliphatic carbocycles. The van der Waals surface area contributed by atoms with Crippen molar-refractivity contribution in [3.8, 4) is 11.4 Å². The average Bonchev–Trinajstić information content (AvgIpc) is 3.22. The standard InChI is InChI=1S/C17H12Cl3N3O2.2CH2O/c1-25-11-3-4-12(19)14(7-11)22-17(24)15-8-23(9-21-15)16-5-2-10(18)6-13(16)20;2*1-2/h2-9H,1H3,(H,22,24);2*1H2. The number of ether oxygens (including phenoxy) is 1. The maximum absolute atomic E-state index is 12.4. The van der Waals surface area contributed by atoms with E-state index in [1.807, 2.05) is 13.6 Å². The molecule has 10 heteroatoms. The van der Waals surface area contributed by atoms with E-state index in [2.05, 4.69) is 10.3 Å². The number of carbonyl (C=O) groups excluding carboxylic acids is 3. The molecule has 0 spiro atoms. The summed E-state index contributed by atoms with van der Waals surface area (Å²) in [5.41, 5.74) is 1.31. The normalized spacial score (nSPS) is 9.38. The summed E-state index contributed by atoms with van der Waals surface area (Å²) in [5.74, 6) is 0.178. The van der Waals surface area contributed by atoms with Crippen LogP contribution in [0.15, 0.2) is 48.9 Å². The highest BCUT2D eigenvalue weighted by Gasteiger charge is 2.14. The zero-order valence-electron chi connectivity index (χ0n) is 15.2. The smallest absolute Gasteiger partial charge is 0.275 e. The van der Waals surface area contributed by atoms with Gasteiger partial charge in [0.1, 0.15) is 31.3 Å². The number of halogens is 3. The van der Waals surface area contributed by atoms with Gasteiger partial charge in [-0.1, -0.05) is 34.8 Å². The van der Waals surface area contributed by atoms with Crippen LogP contribution in [0.25, 0.3) is 5.69 Å². The molecule has 3 aromatic rings. The summed E-state index contributed by atoms with van der Waals surface area (Å²) < 4.78 is 6.77. The molecule has 0 bridgehead atoms. The van der Waals surface area contributed by atoms with Gasteiger partial charge in [-0.05, 0) is 30.3 Å². The van der Waals surface area contributed by atoms with Crippen LogP contribution in [0.5, 0.6) is 5.75 Å². The van der Waals surface area contributed by atoms with Crippen molar-refractivity contribution in [3.63, 3.8) is 0 Å². The van der Waals surface area contributed by atoms with Gasteiger partial charge in [0.2, 0.25) is 0 Å². The maximum Gasteiger partial charge on any atom is 0.275 e. The van der Waals surface area contributed by atoms with E-state index in [9.17, 15) is 4.79 Å². The van der Waals surface area contributed by atoms with Crippen LogP contribution < -0.4 is 10.1 Å². The van der Waals surface area contributed by atoms with Crippen molar-refractivity contribution in [2.75, 3.05) is 12.4 Å². The largest absolute Gasteiger partial charge is 0.497 e. The van der Waals surface area contributed by atoms with E-state index in [4.69, 9.17) is 49.1 Å². The van der Waals surface area contributed by atoms with Gasteiger partial charge in [-0.15, -0.1) is 0 Å². The van der Waals surface area contributed by atoms with E-state index in [1.54, 1.807) is 47.2 Å². The Hall–Kier alpha value is -2.87. The lowest BCUT2D eigenvalue weighted by atomic mass is 10.3. The monoisotopic (exact) mass is 455 g/mol. The van der Waals surface area contributed by atoms with Gasteiger partial charge in [-0.2, -0.15) is 0 Å². The maximum atomic E-state index is 12.4. The van der Waals surface area contributed by atoms with Gasteiger partial charge in [-0.3, -0.25) is 4.79 Å². The molecule has 1 N–H and O–H groups in total. The number of anilines is 1. The van der Waals surface area contributed by atoms with Crippen LogP contribution in [-0.2, 0) is 9.59 Å². The van der Waals surface area contributed by atoms with E-state index >= 15 is 0 Å². The van der Waals surface area contributed by atoms with Crippen LogP contribution in [0.4, 0.5) is 5.69 Å². The van der Waals surface area contributed by atoms with Crippen molar-refractivity contribution < 1.29 is 19.1 Å². The minimum Gasteiger partial charge on any atom is -0.497 e. The molecule has 0 aliphatic rings. The second kappa shape index (κ2) is 11.9. The first-order valence-electron chi connectivity index (χ1n) is 7.70. The summed E-state index contributed by atoms with van der Waals surface area (Å²) in [6.45, 7) is 4.00. The lowest BCUT2D eigenvalue weighted by molar-refractivity contribution is -0.0987. The highest BCUT2D eigenvalue weighted by atomic mass is 35.5. The molecule has 1 heterocycles. The molecule has 2 aromatic carbocycles. The molecule has 1 amide bonds. The SMILES string of the molecule is C=O.C=O.COc1ccc(Cl)c(NC(=O)c2cn(-c3ccc(Cl)cc3Cl)cn2)c1. The molecule has 1 aromatic heterocycles. The Labute approximate surface area is 182 Å². The molecular formula is C19H16Cl3N3O4. The molecule has 3 rings (SSSR count). The van der Waals surface area contributed by atoms with Gasteiger partial charge in [0.25, 0.3) is 5.91 Å². The van der Waals surface area contributed by atoms with E-state index in [1.165, 1.54) is 13.4 Å². The number of amides is 1. The topological polar surface area (TPSA) is 90.3 Å². The van der Waals surface area contributed by atoms with Crippen LogP contribution in [0.2, 0.25) is 15.1 Å². The molecule has 29 heavy (non-hydrogen) atoms. The Balaban J connectivity index is 0.000000989. The number of hydrogen-bond donors (Lipinski definition) is 1.